The third-order valence-corrected chi connectivity index (χ3v) is 15.2. The SMILES string of the molecule is CC/C=C\C/C=C\C/C=C\C/C=C\CCCCCCCCC(=O)OCC(COP(=O)(O)OCC(CO)OC(=O)CCCCCCCCC/C=C\CCCCCCCC)OC(=O)CCCCCCCCCCC/C=C\C/C=C\CCCCC. The van der Waals surface area contributed by atoms with Crippen molar-refractivity contribution in [3.63, 3.8) is 0 Å². The highest BCUT2D eigenvalue weighted by atomic mass is 31.2. The number of unbranched alkanes of at least 4 members (excludes halogenated alkanes) is 31. The number of aliphatic hydroxyl groups is 1. The van der Waals surface area contributed by atoms with Gasteiger partial charge in [-0.3, -0.25) is 23.4 Å². The standard InChI is InChI=1S/C70H123O11P/c1-4-7-10-13-16-19-22-25-28-31-33-36-38-41-44-47-50-53-56-59-68(72)77-63-67(81-70(74)61-58-55-52-49-46-43-40-37-34-32-29-26-23-20-17-14-11-8-5-2)65-79-82(75,76)78-64-66(62-71)80-69(73)60-57-54-51-48-45-42-39-35-30-27-24-21-18-15-12-9-6-3/h7,10,16-17,19-20,25-30,33,36,66-67,71H,4-6,8-9,11-15,18,21-24,31-32,34-35,37-65H2,1-3H3,(H,75,76)/b10-7-,19-16-,20-17-,28-25-,29-26-,30-27-,36-33-. The molecule has 474 valence electrons. The average molecular weight is 1170 g/mol. The Morgan fingerprint density at radius 2 is 0.634 bits per heavy atom. The first kappa shape index (κ1) is 78.7. The molecule has 0 aliphatic rings. The molecule has 3 unspecified atom stereocenters. The fourth-order valence-electron chi connectivity index (χ4n) is 9.20. The van der Waals surface area contributed by atoms with Crippen LogP contribution in [0, 0.1) is 0 Å². The van der Waals surface area contributed by atoms with E-state index in [9.17, 15) is 28.9 Å². The van der Waals surface area contributed by atoms with Crippen molar-refractivity contribution in [1.29, 1.82) is 0 Å². The van der Waals surface area contributed by atoms with Crippen LogP contribution in [-0.2, 0) is 42.2 Å². The highest BCUT2D eigenvalue weighted by Gasteiger charge is 2.28. The molecule has 0 aromatic heterocycles. The second kappa shape index (κ2) is 63.7. The summed E-state index contributed by atoms with van der Waals surface area (Å²) < 4.78 is 39.7. The number of hydrogen-bond donors (Lipinski definition) is 2. The fourth-order valence-corrected chi connectivity index (χ4v) is 9.98. The monoisotopic (exact) mass is 1170 g/mol. The summed E-state index contributed by atoms with van der Waals surface area (Å²) in [6.45, 7) is 4.53. The van der Waals surface area contributed by atoms with E-state index in [1.54, 1.807) is 0 Å². The summed E-state index contributed by atoms with van der Waals surface area (Å²) in [6.07, 6.45) is 75.2. The molecule has 0 radical (unpaired) electrons. The Hall–Kier alpha value is -3.34. The molecule has 0 rings (SSSR count). The van der Waals surface area contributed by atoms with Crippen LogP contribution in [0.25, 0.3) is 0 Å². The number of phosphoric ester groups is 1. The summed E-state index contributed by atoms with van der Waals surface area (Å²) in [7, 11) is -4.76. The van der Waals surface area contributed by atoms with E-state index < -0.39 is 57.8 Å². The molecule has 11 nitrogen and oxygen atoms in total. The highest BCUT2D eigenvalue weighted by molar-refractivity contribution is 7.47. The molecule has 0 heterocycles. The molecule has 0 saturated heterocycles. The van der Waals surface area contributed by atoms with Gasteiger partial charge in [0.1, 0.15) is 12.7 Å². The Balaban J connectivity index is 4.72. The normalized spacial score (nSPS) is 13.8. The van der Waals surface area contributed by atoms with Crippen molar-refractivity contribution >= 4 is 25.7 Å². The molecule has 2 N–H and O–H groups in total. The molecule has 0 spiro atoms. The van der Waals surface area contributed by atoms with Gasteiger partial charge in [-0.1, -0.05) is 254 Å². The lowest BCUT2D eigenvalue weighted by atomic mass is 10.1. The van der Waals surface area contributed by atoms with Crippen LogP contribution in [0.3, 0.4) is 0 Å². The number of carbonyl (C=O) groups is 3. The van der Waals surface area contributed by atoms with Gasteiger partial charge < -0.3 is 24.2 Å². The van der Waals surface area contributed by atoms with Crippen molar-refractivity contribution in [3.05, 3.63) is 85.1 Å². The van der Waals surface area contributed by atoms with Crippen LogP contribution in [0.4, 0.5) is 0 Å². The largest absolute Gasteiger partial charge is 0.472 e. The van der Waals surface area contributed by atoms with Gasteiger partial charge in [-0.2, -0.15) is 0 Å². The molecule has 0 amide bonds. The Morgan fingerprint density at radius 1 is 0.354 bits per heavy atom. The van der Waals surface area contributed by atoms with Crippen molar-refractivity contribution in [1.82, 2.24) is 0 Å². The molecule has 12 heteroatoms. The minimum Gasteiger partial charge on any atom is -0.462 e. The Bertz CT molecular complexity index is 1700. The first-order valence-corrected chi connectivity index (χ1v) is 35.0. The van der Waals surface area contributed by atoms with Gasteiger partial charge in [-0.05, 0) is 116 Å². The molecule has 82 heavy (non-hydrogen) atoms. The van der Waals surface area contributed by atoms with Crippen LogP contribution in [0.2, 0.25) is 0 Å². The maximum absolute atomic E-state index is 13.0. The summed E-state index contributed by atoms with van der Waals surface area (Å²) in [4.78, 5) is 48.8. The number of rotatable bonds is 62. The number of carbonyl (C=O) groups excluding carboxylic acids is 3. The van der Waals surface area contributed by atoms with Crippen molar-refractivity contribution in [2.24, 2.45) is 0 Å². The van der Waals surface area contributed by atoms with Gasteiger partial charge in [0.25, 0.3) is 0 Å². The molecule has 0 bridgehead atoms. The minimum atomic E-state index is -4.76. The van der Waals surface area contributed by atoms with Crippen LogP contribution in [0.1, 0.15) is 303 Å². The van der Waals surface area contributed by atoms with Crippen molar-refractivity contribution in [2.45, 2.75) is 315 Å². The molecule has 0 aliphatic carbocycles. The zero-order valence-corrected chi connectivity index (χ0v) is 53.6. The second-order valence-electron chi connectivity index (χ2n) is 22.2. The lowest BCUT2D eigenvalue weighted by Crippen LogP contribution is -2.30. The summed E-state index contributed by atoms with van der Waals surface area (Å²) >= 11 is 0. The summed E-state index contributed by atoms with van der Waals surface area (Å²) in [5.74, 6) is -1.48. The molecule has 0 aromatic rings. The van der Waals surface area contributed by atoms with Gasteiger partial charge in [-0.25, -0.2) is 4.57 Å². The summed E-state index contributed by atoms with van der Waals surface area (Å²) in [5, 5.41) is 9.87. The molecule has 0 saturated carbocycles. The van der Waals surface area contributed by atoms with Gasteiger partial charge in [0.2, 0.25) is 0 Å². The first-order chi connectivity index (χ1) is 40.2. The Morgan fingerprint density at radius 3 is 1.01 bits per heavy atom. The number of aliphatic hydroxyl groups excluding tert-OH is 1. The van der Waals surface area contributed by atoms with Gasteiger partial charge in [0, 0.05) is 19.3 Å². The van der Waals surface area contributed by atoms with Crippen molar-refractivity contribution in [3.8, 4) is 0 Å². The van der Waals surface area contributed by atoms with Crippen LogP contribution in [0.5, 0.6) is 0 Å². The number of hydrogen-bond acceptors (Lipinski definition) is 10. The Kier molecular flexibility index (Phi) is 61.1. The summed E-state index contributed by atoms with van der Waals surface area (Å²) in [6, 6.07) is 0. The molecule has 0 aliphatic heterocycles. The predicted octanol–water partition coefficient (Wildman–Crippen LogP) is 20.6. The van der Waals surface area contributed by atoms with E-state index in [1.807, 2.05) is 0 Å². The van der Waals surface area contributed by atoms with Crippen LogP contribution in [-0.4, -0.2) is 66.5 Å². The maximum atomic E-state index is 13.0. The van der Waals surface area contributed by atoms with Gasteiger partial charge in [0.05, 0.1) is 19.8 Å². The summed E-state index contributed by atoms with van der Waals surface area (Å²) in [5.41, 5.74) is 0. The Labute approximate surface area is 502 Å². The first-order valence-electron chi connectivity index (χ1n) is 33.5. The van der Waals surface area contributed by atoms with Crippen LogP contribution >= 0.6 is 7.82 Å². The van der Waals surface area contributed by atoms with E-state index in [-0.39, 0.29) is 25.9 Å². The molecule has 0 fully saturated rings. The van der Waals surface area contributed by atoms with E-state index in [1.165, 1.54) is 122 Å². The molecular weight excluding hydrogens is 1050 g/mol. The molecule has 0 aromatic carbocycles. The number of esters is 3. The van der Waals surface area contributed by atoms with E-state index in [0.29, 0.717) is 19.3 Å². The third kappa shape index (κ3) is 61.2. The van der Waals surface area contributed by atoms with Crippen molar-refractivity contribution in [2.75, 3.05) is 26.4 Å². The number of phosphoric acid groups is 1. The van der Waals surface area contributed by atoms with Gasteiger partial charge in [0.15, 0.2) is 6.10 Å². The quantitative estimate of drug-likeness (QED) is 0.0197. The van der Waals surface area contributed by atoms with E-state index >= 15 is 0 Å². The van der Waals surface area contributed by atoms with Gasteiger partial charge in [-0.15, -0.1) is 0 Å². The second-order valence-corrected chi connectivity index (χ2v) is 23.7. The van der Waals surface area contributed by atoms with Crippen LogP contribution < -0.4 is 0 Å². The van der Waals surface area contributed by atoms with E-state index in [4.69, 9.17) is 23.3 Å². The maximum Gasteiger partial charge on any atom is 0.472 e. The number of allylic oxidation sites excluding steroid dienone is 14. The zero-order chi connectivity index (χ0) is 59.8. The zero-order valence-electron chi connectivity index (χ0n) is 52.7. The average Bonchev–Trinajstić information content (AvgIpc) is 3.47. The minimum absolute atomic E-state index is 0.157. The lowest BCUT2D eigenvalue weighted by Gasteiger charge is -2.21. The molecule has 3 atom stereocenters. The van der Waals surface area contributed by atoms with E-state index in [0.717, 1.165) is 122 Å². The third-order valence-electron chi connectivity index (χ3n) is 14.3. The van der Waals surface area contributed by atoms with E-state index in [2.05, 4.69) is 106 Å². The highest BCUT2D eigenvalue weighted by Crippen LogP contribution is 2.43. The smallest absolute Gasteiger partial charge is 0.462 e. The van der Waals surface area contributed by atoms with Crippen LogP contribution in [0.15, 0.2) is 85.1 Å². The van der Waals surface area contributed by atoms with Crippen molar-refractivity contribution < 1.29 is 52.2 Å². The lowest BCUT2D eigenvalue weighted by molar-refractivity contribution is -0.161. The number of ether oxygens (including phenoxy) is 3. The predicted molar refractivity (Wildman–Crippen MR) is 344 cm³/mol. The fraction of sp³-hybridized carbons (Fsp3) is 0.757. The molecular formula is C70H123O11P. The van der Waals surface area contributed by atoms with Gasteiger partial charge >= 0.3 is 25.7 Å². The topological polar surface area (TPSA) is 155 Å².